The Morgan fingerprint density at radius 3 is 2.28 bits per heavy atom. The van der Waals surface area contributed by atoms with Crippen molar-refractivity contribution in [3.63, 3.8) is 0 Å². The number of ether oxygens (including phenoxy) is 3. The van der Waals surface area contributed by atoms with Crippen molar-refractivity contribution in [3.8, 4) is 22.9 Å². The third-order valence-electron chi connectivity index (χ3n) is 4.56. The maximum atomic E-state index is 5.51. The lowest BCUT2D eigenvalue weighted by Crippen LogP contribution is -2.22. The zero-order chi connectivity index (χ0) is 17.4. The second-order valence-electron chi connectivity index (χ2n) is 5.86. The van der Waals surface area contributed by atoms with Crippen LogP contribution in [0.3, 0.4) is 0 Å². The minimum absolute atomic E-state index is 0.0152. The van der Waals surface area contributed by atoms with Gasteiger partial charge in [-0.1, -0.05) is 12.1 Å². The van der Waals surface area contributed by atoms with Gasteiger partial charge in [0, 0.05) is 11.9 Å². The van der Waals surface area contributed by atoms with Crippen molar-refractivity contribution in [2.45, 2.75) is 6.04 Å². The monoisotopic (exact) mass is 336 g/mol. The number of benzene rings is 2. The highest BCUT2D eigenvalue weighted by molar-refractivity contribution is 5.67. The molecule has 5 nitrogen and oxygen atoms in total. The van der Waals surface area contributed by atoms with Crippen LogP contribution in [-0.4, -0.2) is 25.9 Å². The van der Waals surface area contributed by atoms with E-state index in [-0.39, 0.29) is 6.04 Å². The fourth-order valence-corrected chi connectivity index (χ4v) is 3.41. The van der Waals surface area contributed by atoms with Crippen LogP contribution in [-0.2, 0) is 0 Å². The van der Waals surface area contributed by atoms with Gasteiger partial charge in [-0.3, -0.25) is 0 Å². The first kappa shape index (κ1) is 15.4. The van der Waals surface area contributed by atoms with Gasteiger partial charge in [0.25, 0.3) is 0 Å². The third-order valence-corrected chi connectivity index (χ3v) is 4.56. The van der Waals surface area contributed by atoms with Crippen molar-refractivity contribution in [2.24, 2.45) is 0 Å². The number of hydrogen-bond acceptors (Lipinski definition) is 4. The van der Waals surface area contributed by atoms with Crippen LogP contribution in [0.25, 0.3) is 5.69 Å². The summed E-state index contributed by atoms with van der Waals surface area (Å²) in [5.41, 5.74) is 4.44. The zero-order valence-electron chi connectivity index (χ0n) is 14.4. The molecule has 1 aromatic heterocycles. The summed E-state index contributed by atoms with van der Waals surface area (Å²) in [5.74, 6) is 1.89. The van der Waals surface area contributed by atoms with Crippen LogP contribution < -0.4 is 19.5 Å². The number of methoxy groups -OCH3 is 3. The highest BCUT2D eigenvalue weighted by Gasteiger charge is 2.27. The standard InChI is InChI=1S/C20H20N2O3/c1-23-17-11-13(12-18(24-2)20(17)25-3)19-16-9-6-10-22(16)15-8-5-4-7-14(15)21-19/h4-12,19,21H,1-3H3/t19-/m1/s1. The number of nitrogens with zero attached hydrogens (tertiary/aromatic N) is 1. The quantitative estimate of drug-likeness (QED) is 0.782. The Balaban J connectivity index is 1.87. The highest BCUT2D eigenvalue weighted by Crippen LogP contribution is 2.43. The zero-order valence-corrected chi connectivity index (χ0v) is 14.4. The van der Waals surface area contributed by atoms with E-state index < -0.39 is 0 Å². The van der Waals surface area contributed by atoms with Crippen LogP contribution in [0.4, 0.5) is 5.69 Å². The lowest BCUT2D eigenvalue weighted by molar-refractivity contribution is 0.323. The van der Waals surface area contributed by atoms with Crippen LogP contribution in [0.15, 0.2) is 54.7 Å². The average Bonchev–Trinajstić information content (AvgIpc) is 3.16. The van der Waals surface area contributed by atoms with Crippen LogP contribution in [0, 0.1) is 0 Å². The van der Waals surface area contributed by atoms with Crippen molar-refractivity contribution in [1.82, 2.24) is 4.57 Å². The molecule has 0 unspecified atom stereocenters. The Morgan fingerprint density at radius 1 is 0.880 bits per heavy atom. The molecule has 1 N–H and O–H groups in total. The molecule has 1 atom stereocenters. The summed E-state index contributed by atoms with van der Waals surface area (Å²) in [6.45, 7) is 0. The molecule has 0 radical (unpaired) electrons. The van der Waals surface area contributed by atoms with Gasteiger partial charge in [-0.2, -0.15) is 0 Å². The van der Waals surface area contributed by atoms with E-state index in [1.54, 1.807) is 21.3 Å². The molecule has 2 aromatic carbocycles. The predicted molar refractivity (Wildman–Crippen MR) is 97.3 cm³/mol. The number of anilines is 1. The van der Waals surface area contributed by atoms with E-state index in [0.29, 0.717) is 17.2 Å². The summed E-state index contributed by atoms with van der Waals surface area (Å²) in [7, 11) is 4.88. The van der Waals surface area contributed by atoms with Gasteiger partial charge in [-0.05, 0) is 42.0 Å². The van der Waals surface area contributed by atoms with Crippen molar-refractivity contribution in [2.75, 3.05) is 26.6 Å². The SMILES string of the molecule is COc1cc([C@H]2Nc3ccccc3-n3cccc32)cc(OC)c1OC. The Morgan fingerprint density at radius 2 is 1.60 bits per heavy atom. The van der Waals surface area contributed by atoms with Crippen molar-refractivity contribution >= 4 is 5.69 Å². The largest absolute Gasteiger partial charge is 0.493 e. The van der Waals surface area contributed by atoms with E-state index in [4.69, 9.17) is 14.2 Å². The van der Waals surface area contributed by atoms with Crippen molar-refractivity contribution in [1.29, 1.82) is 0 Å². The van der Waals surface area contributed by atoms with E-state index in [1.165, 1.54) is 0 Å². The minimum atomic E-state index is -0.0152. The molecule has 3 aromatic rings. The number of nitrogens with one attached hydrogen (secondary N) is 1. The fraction of sp³-hybridized carbons (Fsp3) is 0.200. The number of fused-ring (bicyclic) bond motifs is 3. The summed E-state index contributed by atoms with van der Waals surface area (Å²) >= 11 is 0. The molecule has 0 fully saturated rings. The first-order chi connectivity index (χ1) is 12.3. The maximum Gasteiger partial charge on any atom is 0.203 e. The topological polar surface area (TPSA) is 44.7 Å². The van der Waals surface area contributed by atoms with Crippen molar-refractivity contribution < 1.29 is 14.2 Å². The molecule has 0 saturated heterocycles. The van der Waals surface area contributed by atoms with Gasteiger partial charge in [0.15, 0.2) is 11.5 Å². The predicted octanol–water partition coefficient (Wildman–Crippen LogP) is 4.02. The third kappa shape index (κ3) is 2.39. The van der Waals surface area contributed by atoms with Crippen molar-refractivity contribution in [3.05, 3.63) is 66.0 Å². The first-order valence-electron chi connectivity index (χ1n) is 8.10. The Hall–Kier alpha value is -3.08. The van der Waals surface area contributed by atoms with Gasteiger partial charge < -0.3 is 24.1 Å². The fourth-order valence-electron chi connectivity index (χ4n) is 3.41. The van der Waals surface area contributed by atoms with Gasteiger partial charge in [0.2, 0.25) is 5.75 Å². The molecule has 1 aliphatic heterocycles. The summed E-state index contributed by atoms with van der Waals surface area (Å²) in [4.78, 5) is 0. The molecule has 0 saturated carbocycles. The Labute approximate surface area is 146 Å². The first-order valence-corrected chi connectivity index (χ1v) is 8.10. The van der Waals surface area contributed by atoms with E-state index in [0.717, 1.165) is 22.6 Å². The molecular weight excluding hydrogens is 316 g/mol. The lowest BCUT2D eigenvalue weighted by Gasteiger charge is -2.30. The Kier molecular flexibility index (Phi) is 3.76. The molecule has 25 heavy (non-hydrogen) atoms. The van der Waals surface area contributed by atoms with Gasteiger partial charge in [0.05, 0.1) is 38.7 Å². The molecule has 0 spiro atoms. The van der Waals surface area contributed by atoms with Crippen LogP contribution in [0.1, 0.15) is 17.3 Å². The number of rotatable bonds is 4. The molecule has 128 valence electrons. The highest BCUT2D eigenvalue weighted by atomic mass is 16.5. The van der Waals surface area contributed by atoms with Gasteiger partial charge >= 0.3 is 0 Å². The van der Waals surface area contributed by atoms with E-state index in [9.17, 15) is 0 Å². The minimum Gasteiger partial charge on any atom is -0.493 e. The van der Waals surface area contributed by atoms with Gasteiger partial charge in [-0.15, -0.1) is 0 Å². The smallest absolute Gasteiger partial charge is 0.203 e. The van der Waals surface area contributed by atoms with E-state index in [2.05, 4.69) is 40.3 Å². The Bertz CT molecular complexity index is 892. The second kappa shape index (κ2) is 6.09. The number of para-hydroxylation sites is 2. The molecule has 0 bridgehead atoms. The molecular formula is C20H20N2O3. The molecule has 0 aliphatic carbocycles. The molecule has 5 heteroatoms. The average molecular weight is 336 g/mol. The van der Waals surface area contributed by atoms with E-state index in [1.807, 2.05) is 24.3 Å². The van der Waals surface area contributed by atoms with Crippen LogP contribution >= 0.6 is 0 Å². The molecule has 1 aliphatic rings. The van der Waals surface area contributed by atoms with Crippen LogP contribution in [0.5, 0.6) is 17.2 Å². The summed E-state index contributed by atoms with van der Waals surface area (Å²) in [5, 5.41) is 3.62. The number of aromatic nitrogens is 1. The summed E-state index contributed by atoms with van der Waals surface area (Å²) in [6, 6.07) is 16.4. The van der Waals surface area contributed by atoms with Crippen LogP contribution in [0.2, 0.25) is 0 Å². The summed E-state index contributed by atoms with van der Waals surface area (Å²) in [6.07, 6.45) is 2.08. The molecule has 0 amide bonds. The lowest BCUT2D eigenvalue weighted by atomic mass is 9.99. The van der Waals surface area contributed by atoms with Gasteiger partial charge in [0.1, 0.15) is 0 Å². The normalized spacial score (nSPS) is 14.9. The summed E-state index contributed by atoms with van der Waals surface area (Å²) < 4.78 is 18.7. The van der Waals surface area contributed by atoms with Gasteiger partial charge in [-0.25, -0.2) is 0 Å². The molecule has 2 heterocycles. The maximum absolute atomic E-state index is 5.51. The van der Waals surface area contributed by atoms with E-state index >= 15 is 0 Å². The molecule has 4 rings (SSSR count). The number of hydrogen-bond donors (Lipinski definition) is 1. The second-order valence-corrected chi connectivity index (χ2v) is 5.86.